The van der Waals surface area contributed by atoms with Gasteiger partial charge in [-0.3, -0.25) is 9.69 Å². The van der Waals surface area contributed by atoms with Gasteiger partial charge < -0.3 is 15.0 Å². The standard InChI is InChI=1S/C20H27N3O2S/c1-3-22-10-12-23(13-11-22)18(16-6-8-17(25-2)9-7-16)15-21-20(24)19-5-4-14-26-19/h4-9,14,18H,3,10-13,15H2,1-2H3,(H,21,24). The van der Waals surface area contributed by atoms with Crippen LogP contribution in [-0.2, 0) is 0 Å². The number of thiophene rings is 1. The van der Waals surface area contributed by atoms with Crippen molar-refractivity contribution in [1.29, 1.82) is 0 Å². The second-order valence-corrected chi connectivity index (χ2v) is 7.39. The fraction of sp³-hybridized carbons (Fsp3) is 0.450. The van der Waals surface area contributed by atoms with Crippen molar-refractivity contribution in [2.75, 3.05) is 46.4 Å². The maximum Gasteiger partial charge on any atom is 0.261 e. The number of likely N-dealkylation sites (N-methyl/N-ethyl adjacent to an activating group) is 1. The maximum absolute atomic E-state index is 12.4. The van der Waals surface area contributed by atoms with E-state index in [4.69, 9.17) is 4.74 Å². The highest BCUT2D eigenvalue weighted by Gasteiger charge is 2.25. The summed E-state index contributed by atoms with van der Waals surface area (Å²) >= 11 is 1.47. The minimum atomic E-state index is 0.00528. The van der Waals surface area contributed by atoms with Crippen molar-refractivity contribution in [2.45, 2.75) is 13.0 Å². The molecule has 1 atom stereocenters. The number of carbonyl (C=O) groups excluding carboxylic acids is 1. The lowest BCUT2D eigenvalue weighted by Gasteiger charge is -2.39. The number of nitrogens with one attached hydrogen (secondary N) is 1. The zero-order valence-corrected chi connectivity index (χ0v) is 16.3. The van der Waals surface area contributed by atoms with Gasteiger partial charge in [-0.25, -0.2) is 0 Å². The summed E-state index contributed by atoms with van der Waals surface area (Å²) in [7, 11) is 1.68. The van der Waals surface area contributed by atoms with Crippen LogP contribution in [0.15, 0.2) is 41.8 Å². The third kappa shape index (κ3) is 4.63. The monoisotopic (exact) mass is 373 g/mol. The molecule has 0 saturated carbocycles. The highest BCUT2D eigenvalue weighted by Crippen LogP contribution is 2.24. The van der Waals surface area contributed by atoms with Crippen LogP contribution in [0.3, 0.4) is 0 Å². The van der Waals surface area contributed by atoms with Crippen LogP contribution in [0.5, 0.6) is 5.75 Å². The Kier molecular flexibility index (Phi) is 6.66. The molecule has 1 aromatic carbocycles. The average Bonchev–Trinajstić information content (AvgIpc) is 3.24. The molecule has 5 nitrogen and oxygen atoms in total. The van der Waals surface area contributed by atoms with Crippen LogP contribution in [-0.4, -0.2) is 62.1 Å². The van der Waals surface area contributed by atoms with Gasteiger partial charge in [-0.2, -0.15) is 0 Å². The second-order valence-electron chi connectivity index (χ2n) is 6.45. The molecule has 1 aliphatic heterocycles. The Bertz CT molecular complexity index is 680. The number of benzene rings is 1. The SMILES string of the molecule is CCN1CCN(C(CNC(=O)c2cccs2)c2ccc(OC)cc2)CC1. The minimum absolute atomic E-state index is 0.00528. The summed E-state index contributed by atoms with van der Waals surface area (Å²) in [5.41, 5.74) is 1.21. The summed E-state index contributed by atoms with van der Waals surface area (Å²) in [5, 5.41) is 5.05. The largest absolute Gasteiger partial charge is 0.497 e. The van der Waals surface area contributed by atoms with Crippen LogP contribution in [0.1, 0.15) is 28.2 Å². The summed E-state index contributed by atoms with van der Waals surface area (Å²) in [5.74, 6) is 0.858. The molecular weight excluding hydrogens is 346 g/mol. The van der Waals surface area contributed by atoms with Crippen LogP contribution in [0, 0.1) is 0 Å². The van der Waals surface area contributed by atoms with E-state index < -0.39 is 0 Å². The number of carbonyl (C=O) groups is 1. The summed E-state index contributed by atoms with van der Waals surface area (Å²) in [6.45, 7) is 8.08. The Hall–Kier alpha value is -1.89. The van der Waals surface area contributed by atoms with E-state index in [0.29, 0.717) is 6.54 Å². The molecular formula is C20H27N3O2S. The van der Waals surface area contributed by atoms with Crippen molar-refractivity contribution in [2.24, 2.45) is 0 Å². The van der Waals surface area contributed by atoms with Gasteiger partial charge in [0, 0.05) is 32.7 Å². The van der Waals surface area contributed by atoms with E-state index in [1.54, 1.807) is 7.11 Å². The number of piperazine rings is 1. The van der Waals surface area contributed by atoms with Crippen LogP contribution in [0.4, 0.5) is 0 Å². The molecule has 2 aromatic rings. The average molecular weight is 374 g/mol. The van der Waals surface area contributed by atoms with Crippen molar-refractivity contribution in [1.82, 2.24) is 15.1 Å². The van der Waals surface area contributed by atoms with Gasteiger partial charge in [0.05, 0.1) is 18.0 Å². The summed E-state index contributed by atoms with van der Waals surface area (Å²) < 4.78 is 5.28. The Balaban J connectivity index is 1.71. The van der Waals surface area contributed by atoms with E-state index in [2.05, 4.69) is 34.2 Å². The summed E-state index contributed by atoms with van der Waals surface area (Å²) in [6.07, 6.45) is 0. The van der Waals surface area contributed by atoms with E-state index in [1.165, 1.54) is 16.9 Å². The quantitative estimate of drug-likeness (QED) is 0.811. The first-order valence-electron chi connectivity index (χ1n) is 9.13. The molecule has 1 unspecified atom stereocenters. The third-order valence-corrected chi connectivity index (χ3v) is 5.87. The molecule has 1 fully saturated rings. The Morgan fingerprint density at radius 2 is 1.92 bits per heavy atom. The Morgan fingerprint density at radius 1 is 1.19 bits per heavy atom. The molecule has 0 radical (unpaired) electrons. The smallest absolute Gasteiger partial charge is 0.261 e. The maximum atomic E-state index is 12.4. The molecule has 0 aliphatic carbocycles. The number of hydrogen-bond donors (Lipinski definition) is 1. The van der Waals surface area contributed by atoms with Gasteiger partial charge in [0.2, 0.25) is 0 Å². The van der Waals surface area contributed by atoms with Gasteiger partial charge in [0.25, 0.3) is 5.91 Å². The zero-order valence-electron chi connectivity index (χ0n) is 15.5. The van der Waals surface area contributed by atoms with Gasteiger partial charge >= 0.3 is 0 Å². The second kappa shape index (κ2) is 9.16. The first-order chi connectivity index (χ1) is 12.7. The lowest BCUT2D eigenvalue weighted by atomic mass is 10.0. The molecule has 26 heavy (non-hydrogen) atoms. The highest BCUT2D eigenvalue weighted by atomic mass is 32.1. The fourth-order valence-electron chi connectivity index (χ4n) is 3.36. The summed E-state index contributed by atoms with van der Waals surface area (Å²) in [4.78, 5) is 18.1. The van der Waals surface area contributed by atoms with Crippen LogP contribution < -0.4 is 10.1 Å². The van der Waals surface area contributed by atoms with Crippen LogP contribution >= 0.6 is 11.3 Å². The van der Waals surface area contributed by atoms with Gasteiger partial charge in [-0.05, 0) is 35.7 Å². The molecule has 3 rings (SSSR count). The molecule has 1 saturated heterocycles. The molecule has 1 amide bonds. The fourth-order valence-corrected chi connectivity index (χ4v) is 4.00. The van der Waals surface area contributed by atoms with Gasteiger partial charge in [0.1, 0.15) is 5.75 Å². The van der Waals surface area contributed by atoms with Crippen molar-refractivity contribution < 1.29 is 9.53 Å². The molecule has 1 aliphatic rings. The molecule has 2 heterocycles. The highest BCUT2D eigenvalue weighted by molar-refractivity contribution is 7.12. The van der Waals surface area contributed by atoms with Gasteiger partial charge in [-0.15, -0.1) is 11.3 Å². The first-order valence-corrected chi connectivity index (χ1v) is 10.0. The topological polar surface area (TPSA) is 44.8 Å². The number of nitrogens with zero attached hydrogens (tertiary/aromatic N) is 2. The number of hydrogen-bond acceptors (Lipinski definition) is 5. The third-order valence-electron chi connectivity index (χ3n) is 5.00. The Labute approximate surface area is 159 Å². The van der Waals surface area contributed by atoms with Crippen molar-refractivity contribution in [3.8, 4) is 5.75 Å². The van der Waals surface area contributed by atoms with Crippen LogP contribution in [0.2, 0.25) is 0 Å². The van der Waals surface area contributed by atoms with E-state index in [0.717, 1.165) is 43.4 Å². The minimum Gasteiger partial charge on any atom is -0.497 e. The normalized spacial score (nSPS) is 17.0. The lowest BCUT2D eigenvalue weighted by Crippen LogP contribution is -2.49. The van der Waals surface area contributed by atoms with Crippen molar-refractivity contribution in [3.63, 3.8) is 0 Å². The lowest BCUT2D eigenvalue weighted by molar-refractivity contribution is 0.0858. The number of rotatable bonds is 7. The predicted octanol–water partition coefficient (Wildman–Crippen LogP) is 2.87. The van der Waals surface area contributed by atoms with Crippen LogP contribution in [0.25, 0.3) is 0 Å². The van der Waals surface area contributed by atoms with Crippen molar-refractivity contribution in [3.05, 3.63) is 52.2 Å². The van der Waals surface area contributed by atoms with E-state index in [1.807, 2.05) is 29.6 Å². The zero-order chi connectivity index (χ0) is 18.4. The molecule has 140 valence electrons. The number of amides is 1. The van der Waals surface area contributed by atoms with Gasteiger partial charge in [-0.1, -0.05) is 25.1 Å². The molecule has 0 bridgehead atoms. The molecule has 0 spiro atoms. The van der Waals surface area contributed by atoms with E-state index in [-0.39, 0.29) is 11.9 Å². The summed E-state index contributed by atoms with van der Waals surface area (Å²) in [6, 6.07) is 12.1. The van der Waals surface area contributed by atoms with E-state index in [9.17, 15) is 4.79 Å². The molecule has 1 aromatic heterocycles. The van der Waals surface area contributed by atoms with Crippen molar-refractivity contribution >= 4 is 17.2 Å². The Morgan fingerprint density at radius 3 is 2.50 bits per heavy atom. The van der Waals surface area contributed by atoms with Gasteiger partial charge in [0.15, 0.2) is 0 Å². The number of ether oxygens (including phenoxy) is 1. The predicted molar refractivity (Wildman–Crippen MR) is 106 cm³/mol. The molecule has 1 N–H and O–H groups in total. The molecule has 6 heteroatoms. The van der Waals surface area contributed by atoms with E-state index >= 15 is 0 Å². The first kappa shape index (κ1) is 18.9. The number of methoxy groups -OCH3 is 1.